The molecule has 0 bridgehead atoms. The number of carboxylic acid groups (broad SMARTS) is 2. The number of allylic oxidation sites excluding steroid dienone is 1. The van der Waals surface area contributed by atoms with Gasteiger partial charge >= 0.3 is 11.9 Å². The molecule has 3 aliphatic rings. The van der Waals surface area contributed by atoms with Gasteiger partial charge in [0.25, 0.3) is 21.6 Å². The molecule has 0 saturated carbocycles. The maximum atomic E-state index is 13.3. The van der Waals surface area contributed by atoms with Crippen molar-refractivity contribution in [3.63, 3.8) is 0 Å². The Hall–Kier alpha value is -3.91. The fourth-order valence-electron chi connectivity index (χ4n) is 4.08. The largest absolute Gasteiger partial charge is 0.480 e. The van der Waals surface area contributed by atoms with Crippen LogP contribution < -0.4 is 33.9 Å². The maximum Gasteiger partial charge on any atom is 0.323 e. The minimum absolute atomic E-state index is 0.0460. The lowest BCUT2D eigenvalue weighted by Crippen LogP contribution is -2.36. The molecule has 0 atom stereocenters. The highest BCUT2D eigenvalue weighted by molar-refractivity contribution is 8.30. The van der Waals surface area contributed by atoms with Crippen molar-refractivity contribution < 1.29 is 51.8 Å². The summed E-state index contributed by atoms with van der Waals surface area (Å²) in [4.78, 5) is 50.8. The number of amides is 1. The number of thiazole rings is 1. The SMILES string of the molecule is CC(C=c1sc(=C2SC(=S)N(CC(=O)O)C2=O)n(CC(=O)O)c1=O)=C1Oc2cc3c(cc2N1CS(=O)(=O)O)OCO3. The summed E-state index contributed by atoms with van der Waals surface area (Å²) in [6.45, 7) is -0.0764. The molecule has 0 unspecified atom stereocenters. The lowest BCUT2D eigenvalue weighted by molar-refractivity contribution is -0.140. The highest BCUT2D eigenvalue weighted by atomic mass is 32.2. The van der Waals surface area contributed by atoms with Gasteiger partial charge in [0.2, 0.25) is 12.7 Å². The van der Waals surface area contributed by atoms with Crippen LogP contribution in [-0.2, 0) is 31.0 Å². The van der Waals surface area contributed by atoms with Crippen LogP contribution in [0.5, 0.6) is 17.2 Å². The summed E-state index contributed by atoms with van der Waals surface area (Å²) in [5.74, 6) is -3.60. The standard InChI is InChI=1S/C22H17N3O12S4/c1-9(20-25(7-41(32,33)34)10-3-12-13(36-8-35-12)4-11(10)37-20)2-14-18(30)23(5-15(26)27)21(39-14)17-19(31)24(6-16(28)29)22(38)40-17/h2-4H,5-8H2,1H3,(H,26,27)(H,28,29)(H,32,33,34). The minimum Gasteiger partial charge on any atom is -0.480 e. The van der Waals surface area contributed by atoms with Gasteiger partial charge in [-0.25, -0.2) is 0 Å². The highest BCUT2D eigenvalue weighted by Crippen LogP contribution is 2.48. The zero-order valence-corrected chi connectivity index (χ0v) is 23.8. The number of carbonyl (C=O) groups is 3. The van der Waals surface area contributed by atoms with Gasteiger partial charge < -0.3 is 24.4 Å². The number of hydrogen-bond acceptors (Lipinski definition) is 13. The second-order valence-corrected chi connectivity index (χ2v) is 12.7. The topological polar surface area (TPSA) is 202 Å². The second kappa shape index (κ2) is 10.5. The monoisotopic (exact) mass is 643 g/mol. The minimum atomic E-state index is -4.57. The Kier molecular flexibility index (Phi) is 7.32. The Labute approximate surface area is 242 Å². The van der Waals surface area contributed by atoms with E-state index in [1.54, 1.807) is 0 Å². The van der Waals surface area contributed by atoms with Gasteiger partial charge in [-0.3, -0.25) is 38.1 Å². The number of aromatic nitrogens is 1. The number of ether oxygens (including phenoxy) is 3. The molecular formula is C22H17N3O12S4. The van der Waals surface area contributed by atoms with E-state index in [1.165, 1.54) is 25.1 Å². The van der Waals surface area contributed by atoms with Crippen LogP contribution in [0.4, 0.5) is 5.69 Å². The number of aliphatic carboxylic acids is 2. The smallest absolute Gasteiger partial charge is 0.323 e. The number of thiocarbonyl (C=S) groups is 1. The zero-order valence-electron chi connectivity index (χ0n) is 20.6. The van der Waals surface area contributed by atoms with Crippen LogP contribution in [0, 0.1) is 0 Å². The average Bonchev–Trinajstić information content (AvgIpc) is 3.60. The summed E-state index contributed by atoms with van der Waals surface area (Å²) in [5, 5.41) is 18.5. The van der Waals surface area contributed by atoms with Crippen molar-refractivity contribution in [2.75, 3.05) is 24.1 Å². The lowest BCUT2D eigenvalue weighted by atomic mass is 10.2. The Bertz CT molecular complexity index is 1880. The van der Waals surface area contributed by atoms with Gasteiger partial charge in [0, 0.05) is 17.7 Å². The lowest BCUT2D eigenvalue weighted by Gasteiger charge is -2.17. The number of benzene rings is 1. The molecule has 4 heterocycles. The molecule has 1 fully saturated rings. The van der Waals surface area contributed by atoms with E-state index in [1.807, 2.05) is 0 Å². The first-order chi connectivity index (χ1) is 19.2. The van der Waals surface area contributed by atoms with E-state index in [0.717, 1.165) is 37.5 Å². The fourth-order valence-corrected chi connectivity index (χ4v) is 7.22. The van der Waals surface area contributed by atoms with Crippen molar-refractivity contribution in [2.45, 2.75) is 13.5 Å². The van der Waals surface area contributed by atoms with E-state index in [0.29, 0.717) is 11.5 Å². The van der Waals surface area contributed by atoms with Crippen LogP contribution in [-0.4, -0.2) is 74.0 Å². The molecule has 1 aromatic heterocycles. The maximum absolute atomic E-state index is 13.3. The zero-order chi connectivity index (χ0) is 29.8. The number of carboxylic acids is 2. The summed E-state index contributed by atoms with van der Waals surface area (Å²) in [6, 6.07) is 2.95. The average molecular weight is 644 g/mol. The van der Waals surface area contributed by atoms with Crippen molar-refractivity contribution in [1.29, 1.82) is 0 Å². The number of carbonyl (C=O) groups excluding carboxylic acids is 1. The van der Waals surface area contributed by atoms with Crippen LogP contribution in [0.1, 0.15) is 6.92 Å². The molecule has 19 heteroatoms. The molecule has 41 heavy (non-hydrogen) atoms. The molecule has 5 rings (SSSR count). The van der Waals surface area contributed by atoms with E-state index >= 15 is 0 Å². The molecule has 1 saturated heterocycles. The molecule has 3 N–H and O–H groups in total. The van der Waals surface area contributed by atoms with Crippen molar-refractivity contribution >= 4 is 84.3 Å². The van der Waals surface area contributed by atoms with Gasteiger partial charge in [-0.2, -0.15) is 8.42 Å². The van der Waals surface area contributed by atoms with Crippen molar-refractivity contribution in [3.05, 3.63) is 43.1 Å². The summed E-state index contributed by atoms with van der Waals surface area (Å²) in [7, 11) is -4.57. The summed E-state index contributed by atoms with van der Waals surface area (Å²) in [5.41, 5.74) is -0.341. The third kappa shape index (κ3) is 5.53. The first-order valence-electron chi connectivity index (χ1n) is 11.2. The van der Waals surface area contributed by atoms with Gasteiger partial charge in [-0.1, -0.05) is 24.0 Å². The van der Waals surface area contributed by atoms with Gasteiger partial charge in [-0.05, 0) is 13.0 Å². The molecular weight excluding hydrogens is 627 g/mol. The third-order valence-corrected chi connectivity index (χ3v) is 8.99. The van der Waals surface area contributed by atoms with Gasteiger partial charge in [0.05, 0.1) is 10.2 Å². The van der Waals surface area contributed by atoms with Crippen molar-refractivity contribution in [2.24, 2.45) is 0 Å². The Morgan fingerprint density at radius 1 is 1.07 bits per heavy atom. The quantitative estimate of drug-likeness (QED) is 0.258. The van der Waals surface area contributed by atoms with Gasteiger partial charge in [-0.15, -0.1) is 11.3 Å². The number of rotatable bonds is 7. The predicted octanol–water partition coefficient (Wildman–Crippen LogP) is -0.467. The molecule has 216 valence electrons. The molecule has 0 aliphatic carbocycles. The third-order valence-electron chi connectivity index (χ3n) is 5.71. The van der Waals surface area contributed by atoms with E-state index in [-0.39, 0.29) is 48.1 Å². The van der Waals surface area contributed by atoms with Crippen LogP contribution in [0.25, 0.3) is 11.0 Å². The van der Waals surface area contributed by atoms with Gasteiger partial charge in [0.1, 0.15) is 27.0 Å². The Balaban J connectivity index is 1.66. The van der Waals surface area contributed by atoms with E-state index in [9.17, 15) is 37.3 Å². The number of anilines is 1. The predicted molar refractivity (Wildman–Crippen MR) is 148 cm³/mol. The second-order valence-electron chi connectivity index (χ2n) is 8.59. The summed E-state index contributed by atoms with van der Waals surface area (Å²) in [6.07, 6.45) is 1.31. The molecule has 1 aromatic carbocycles. The molecule has 2 aromatic rings. The molecule has 0 spiro atoms. The number of fused-ring (bicyclic) bond motifs is 2. The van der Waals surface area contributed by atoms with Crippen LogP contribution in [0.3, 0.4) is 0 Å². The van der Waals surface area contributed by atoms with E-state index in [4.69, 9.17) is 31.5 Å². The highest BCUT2D eigenvalue weighted by Gasteiger charge is 2.36. The van der Waals surface area contributed by atoms with Crippen molar-refractivity contribution in [1.82, 2.24) is 9.47 Å². The summed E-state index contributed by atoms with van der Waals surface area (Å²) >= 11 is 6.60. The molecule has 0 radical (unpaired) electrons. The van der Waals surface area contributed by atoms with E-state index < -0.39 is 52.5 Å². The Morgan fingerprint density at radius 3 is 2.37 bits per heavy atom. The van der Waals surface area contributed by atoms with Crippen LogP contribution in [0.2, 0.25) is 0 Å². The van der Waals surface area contributed by atoms with Crippen LogP contribution >= 0.6 is 35.3 Å². The summed E-state index contributed by atoms with van der Waals surface area (Å²) < 4.78 is 50.5. The first kappa shape index (κ1) is 28.6. The van der Waals surface area contributed by atoms with Crippen molar-refractivity contribution in [3.8, 4) is 17.2 Å². The van der Waals surface area contributed by atoms with E-state index in [2.05, 4.69) is 0 Å². The Morgan fingerprint density at radius 2 is 1.73 bits per heavy atom. The molecule has 3 aliphatic heterocycles. The normalized spacial score (nSPS) is 19.1. The fraction of sp³-hybridized carbons (Fsp3) is 0.227. The van der Waals surface area contributed by atoms with Gasteiger partial charge in [0.15, 0.2) is 23.1 Å². The first-order valence-corrected chi connectivity index (χ1v) is 14.9. The molecule has 1 amide bonds. The number of nitrogens with zero attached hydrogens (tertiary/aromatic N) is 3. The number of thioether (sulfide) groups is 1. The molecule has 15 nitrogen and oxygen atoms in total. The van der Waals surface area contributed by atoms with Crippen LogP contribution in [0.15, 0.2) is 28.4 Å². The number of hydrogen-bond donors (Lipinski definition) is 3.